The van der Waals surface area contributed by atoms with Crippen LogP contribution in [0.25, 0.3) is 0 Å². The van der Waals surface area contributed by atoms with Crippen molar-refractivity contribution >= 4 is 15.7 Å². The topological polar surface area (TPSA) is 97.1 Å². The predicted octanol–water partition coefficient (Wildman–Crippen LogP) is 0.980. The standard InChI is InChI=1S/C11H14N4O3S/c1-2-12-7-10-3-4-11(18-10)19(16,17)15-9-5-13-8-14-6-9/h3-6,8,12,15H,2,7H2,1H3. The van der Waals surface area contributed by atoms with Gasteiger partial charge in [-0.05, 0) is 18.7 Å². The molecule has 0 aliphatic rings. The largest absolute Gasteiger partial charge is 0.446 e. The van der Waals surface area contributed by atoms with Crippen LogP contribution >= 0.6 is 0 Å². The van der Waals surface area contributed by atoms with E-state index in [2.05, 4.69) is 20.0 Å². The molecule has 19 heavy (non-hydrogen) atoms. The average Bonchev–Trinajstić information content (AvgIpc) is 2.86. The normalized spacial score (nSPS) is 11.4. The molecule has 0 atom stereocenters. The fourth-order valence-electron chi connectivity index (χ4n) is 1.40. The Kier molecular flexibility index (Phi) is 4.13. The van der Waals surface area contributed by atoms with Crippen LogP contribution < -0.4 is 10.0 Å². The SMILES string of the molecule is CCNCc1ccc(S(=O)(=O)Nc2cncnc2)o1. The van der Waals surface area contributed by atoms with Gasteiger partial charge in [-0.2, -0.15) is 8.42 Å². The summed E-state index contributed by atoms with van der Waals surface area (Å²) >= 11 is 0. The Morgan fingerprint density at radius 2 is 2.00 bits per heavy atom. The number of rotatable bonds is 6. The molecule has 0 aromatic carbocycles. The molecule has 2 aromatic heterocycles. The number of nitrogens with zero attached hydrogens (tertiary/aromatic N) is 2. The van der Waals surface area contributed by atoms with E-state index in [-0.39, 0.29) is 10.8 Å². The molecule has 0 aliphatic carbocycles. The van der Waals surface area contributed by atoms with Crippen LogP contribution in [-0.2, 0) is 16.6 Å². The Morgan fingerprint density at radius 1 is 1.26 bits per heavy atom. The van der Waals surface area contributed by atoms with E-state index in [9.17, 15) is 8.42 Å². The summed E-state index contributed by atoms with van der Waals surface area (Å²) in [5, 5.41) is 2.92. The summed E-state index contributed by atoms with van der Waals surface area (Å²) in [6.45, 7) is 3.22. The zero-order valence-corrected chi connectivity index (χ0v) is 11.1. The summed E-state index contributed by atoms with van der Waals surface area (Å²) in [7, 11) is -3.74. The first-order valence-electron chi connectivity index (χ1n) is 5.69. The fourth-order valence-corrected chi connectivity index (χ4v) is 2.38. The Morgan fingerprint density at radius 3 is 2.68 bits per heavy atom. The maximum absolute atomic E-state index is 12.0. The average molecular weight is 282 g/mol. The van der Waals surface area contributed by atoms with Crippen molar-refractivity contribution in [1.29, 1.82) is 0 Å². The number of anilines is 1. The lowest BCUT2D eigenvalue weighted by Gasteiger charge is -2.04. The van der Waals surface area contributed by atoms with Crippen molar-refractivity contribution in [2.45, 2.75) is 18.6 Å². The molecule has 2 N–H and O–H groups in total. The van der Waals surface area contributed by atoms with E-state index in [4.69, 9.17) is 4.42 Å². The minimum absolute atomic E-state index is 0.135. The van der Waals surface area contributed by atoms with E-state index in [1.165, 1.54) is 24.8 Å². The number of hydrogen-bond acceptors (Lipinski definition) is 6. The summed E-state index contributed by atoms with van der Waals surface area (Å²) in [5.41, 5.74) is 0.284. The highest BCUT2D eigenvalue weighted by Crippen LogP contribution is 2.17. The van der Waals surface area contributed by atoms with Gasteiger partial charge in [-0.1, -0.05) is 6.92 Å². The number of aromatic nitrogens is 2. The molecule has 0 saturated carbocycles. The molecule has 0 saturated heterocycles. The fraction of sp³-hybridized carbons (Fsp3) is 0.273. The van der Waals surface area contributed by atoms with Crippen molar-refractivity contribution in [3.8, 4) is 0 Å². The van der Waals surface area contributed by atoms with Crippen LogP contribution in [0, 0.1) is 0 Å². The van der Waals surface area contributed by atoms with E-state index < -0.39 is 10.0 Å². The third-order valence-electron chi connectivity index (χ3n) is 2.26. The lowest BCUT2D eigenvalue weighted by Crippen LogP contribution is -2.13. The molecule has 2 aromatic rings. The van der Waals surface area contributed by atoms with Crippen LogP contribution in [0.4, 0.5) is 5.69 Å². The lowest BCUT2D eigenvalue weighted by molar-refractivity contribution is 0.405. The zero-order chi connectivity index (χ0) is 13.7. The Labute approximate surface area is 111 Å². The molecule has 0 fully saturated rings. The van der Waals surface area contributed by atoms with Crippen LogP contribution in [-0.4, -0.2) is 24.9 Å². The van der Waals surface area contributed by atoms with Crippen LogP contribution in [0.1, 0.15) is 12.7 Å². The third-order valence-corrected chi connectivity index (χ3v) is 3.52. The highest BCUT2D eigenvalue weighted by atomic mass is 32.2. The Balaban J connectivity index is 2.13. The molecular weight excluding hydrogens is 268 g/mol. The molecular formula is C11H14N4O3S. The van der Waals surface area contributed by atoms with E-state index in [0.29, 0.717) is 12.3 Å². The molecule has 8 heteroatoms. The summed E-state index contributed by atoms with van der Waals surface area (Å²) in [5.74, 6) is 0.562. The molecule has 0 aliphatic heterocycles. The van der Waals surface area contributed by atoms with Gasteiger partial charge < -0.3 is 9.73 Å². The first-order chi connectivity index (χ1) is 9.12. The molecule has 0 spiro atoms. The minimum Gasteiger partial charge on any atom is -0.446 e. The molecule has 0 radical (unpaired) electrons. The summed E-state index contributed by atoms with van der Waals surface area (Å²) < 4.78 is 31.6. The van der Waals surface area contributed by atoms with Crippen LogP contribution in [0.2, 0.25) is 0 Å². The van der Waals surface area contributed by atoms with Gasteiger partial charge in [-0.3, -0.25) is 4.72 Å². The van der Waals surface area contributed by atoms with E-state index >= 15 is 0 Å². The number of furan rings is 1. The molecule has 7 nitrogen and oxygen atoms in total. The van der Waals surface area contributed by atoms with Gasteiger partial charge >= 0.3 is 0 Å². The highest BCUT2D eigenvalue weighted by Gasteiger charge is 2.19. The third kappa shape index (κ3) is 3.52. The summed E-state index contributed by atoms with van der Waals surface area (Å²) in [4.78, 5) is 7.46. The maximum Gasteiger partial charge on any atom is 0.295 e. The van der Waals surface area contributed by atoms with Gasteiger partial charge in [0.1, 0.15) is 12.1 Å². The highest BCUT2D eigenvalue weighted by molar-refractivity contribution is 7.92. The smallest absolute Gasteiger partial charge is 0.295 e. The maximum atomic E-state index is 12.0. The van der Waals surface area contributed by atoms with E-state index in [1.54, 1.807) is 6.07 Å². The molecule has 0 unspecified atom stereocenters. The second-order valence-corrected chi connectivity index (χ2v) is 5.35. The van der Waals surface area contributed by atoms with Gasteiger partial charge in [-0.15, -0.1) is 0 Å². The molecule has 0 amide bonds. The van der Waals surface area contributed by atoms with E-state index in [0.717, 1.165) is 6.54 Å². The monoisotopic (exact) mass is 282 g/mol. The summed E-state index contributed by atoms with van der Waals surface area (Å²) in [6, 6.07) is 3.04. The van der Waals surface area contributed by atoms with Gasteiger partial charge in [0.05, 0.1) is 24.6 Å². The minimum atomic E-state index is -3.74. The van der Waals surface area contributed by atoms with Crippen molar-refractivity contribution in [3.05, 3.63) is 36.6 Å². The Hall–Kier alpha value is -1.93. The molecule has 2 heterocycles. The van der Waals surface area contributed by atoms with Crippen molar-refractivity contribution in [2.75, 3.05) is 11.3 Å². The second kappa shape index (κ2) is 5.81. The molecule has 2 rings (SSSR count). The van der Waals surface area contributed by atoms with E-state index in [1.807, 2.05) is 6.92 Å². The zero-order valence-electron chi connectivity index (χ0n) is 10.3. The number of hydrogen-bond donors (Lipinski definition) is 2. The predicted molar refractivity (Wildman–Crippen MR) is 68.9 cm³/mol. The van der Waals surface area contributed by atoms with Gasteiger partial charge in [0.2, 0.25) is 5.09 Å². The van der Waals surface area contributed by atoms with Crippen molar-refractivity contribution in [1.82, 2.24) is 15.3 Å². The van der Waals surface area contributed by atoms with Crippen molar-refractivity contribution in [3.63, 3.8) is 0 Å². The quantitative estimate of drug-likeness (QED) is 0.819. The van der Waals surface area contributed by atoms with Crippen LogP contribution in [0.3, 0.4) is 0 Å². The molecule has 102 valence electrons. The molecule has 0 bridgehead atoms. The van der Waals surface area contributed by atoms with Crippen LogP contribution in [0.5, 0.6) is 0 Å². The first-order valence-corrected chi connectivity index (χ1v) is 7.17. The van der Waals surface area contributed by atoms with Crippen molar-refractivity contribution < 1.29 is 12.8 Å². The van der Waals surface area contributed by atoms with Crippen LogP contribution in [0.15, 0.2) is 40.4 Å². The van der Waals surface area contributed by atoms with Crippen molar-refractivity contribution in [2.24, 2.45) is 0 Å². The van der Waals surface area contributed by atoms with Gasteiger partial charge in [0, 0.05) is 0 Å². The van der Waals surface area contributed by atoms with Gasteiger partial charge in [-0.25, -0.2) is 9.97 Å². The Bertz CT molecular complexity index is 624. The summed E-state index contributed by atoms with van der Waals surface area (Å²) in [6.07, 6.45) is 4.05. The second-order valence-electron chi connectivity index (χ2n) is 3.73. The van der Waals surface area contributed by atoms with Gasteiger partial charge in [0.15, 0.2) is 0 Å². The number of sulfonamides is 1. The van der Waals surface area contributed by atoms with Gasteiger partial charge in [0.25, 0.3) is 10.0 Å². The number of nitrogens with one attached hydrogen (secondary N) is 2. The first kappa shape index (κ1) is 13.5. The lowest BCUT2D eigenvalue weighted by atomic mass is 10.4.